The molecule has 1 heterocycles. The van der Waals surface area contributed by atoms with Crippen LogP contribution in [0.1, 0.15) is 0 Å². The Morgan fingerprint density at radius 2 is 2.10 bits per heavy atom. The highest BCUT2D eigenvalue weighted by Gasteiger charge is 2.19. The summed E-state index contributed by atoms with van der Waals surface area (Å²) in [5.41, 5.74) is -0.157. The minimum atomic E-state index is -0.520. The van der Waals surface area contributed by atoms with E-state index in [-0.39, 0.29) is 17.3 Å². The zero-order valence-electron chi connectivity index (χ0n) is 10.1. The van der Waals surface area contributed by atoms with Crippen molar-refractivity contribution in [2.24, 2.45) is 0 Å². The first-order valence-electron chi connectivity index (χ1n) is 5.33. The van der Waals surface area contributed by atoms with Crippen molar-refractivity contribution in [3.63, 3.8) is 0 Å². The topological polar surface area (TPSA) is 90.2 Å². The lowest BCUT2D eigenvalue weighted by Crippen LogP contribution is -1.99. The highest BCUT2D eigenvalue weighted by atomic mass is 79.9. The lowest BCUT2D eigenvalue weighted by molar-refractivity contribution is -0.385. The molecule has 0 aliphatic carbocycles. The van der Waals surface area contributed by atoms with Crippen LogP contribution in [0.2, 0.25) is 0 Å². The summed E-state index contributed by atoms with van der Waals surface area (Å²) in [6, 6.07) is 4.51. The molecule has 2 aromatic rings. The Balaban J connectivity index is 2.42. The van der Waals surface area contributed by atoms with Crippen molar-refractivity contribution in [3.05, 3.63) is 43.6 Å². The number of nitrogens with one attached hydrogen (secondary N) is 1. The van der Waals surface area contributed by atoms with Crippen molar-refractivity contribution in [1.82, 2.24) is 9.97 Å². The molecule has 20 heavy (non-hydrogen) atoms. The Morgan fingerprint density at radius 3 is 2.75 bits per heavy atom. The molecule has 0 amide bonds. The van der Waals surface area contributed by atoms with Gasteiger partial charge < -0.3 is 10.1 Å². The van der Waals surface area contributed by atoms with E-state index in [4.69, 9.17) is 4.74 Å². The number of halogens is 2. The maximum atomic E-state index is 11.0. The molecule has 0 bridgehead atoms. The van der Waals surface area contributed by atoms with E-state index in [1.54, 1.807) is 13.1 Å². The van der Waals surface area contributed by atoms with Crippen LogP contribution < -0.4 is 10.1 Å². The molecule has 0 saturated carbocycles. The lowest BCUT2D eigenvalue weighted by Gasteiger charge is -2.09. The zero-order chi connectivity index (χ0) is 14.7. The number of nitrogens with zero attached hydrogens (tertiary/aromatic N) is 3. The maximum absolute atomic E-state index is 11.0. The third-order valence-corrected chi connectivity index (χ3v) is 3.53. The Labute approximate surface area is 130 Å². The second-order valence-corrected chi connectivity index (χ2v) is 5.27. The summed E-state index contributed by atoms with van der Waals surface area (Å²) in [6.07, 6.45) is 1.30. The highest BCUT2D eigenvalue weighted by molar-refractivity contribution is 9.11. The third-order valence-electron chi connectivity index (χ3n) is 2.32. The second-order valence-electron chi connectivity index (χ2n) is 3.56. The summed E-state index contributed by atoms with van der Waals surface area (Å²) < 4.78 is 6.58. The van der Waals surface area contributed by atoms with Crippen molar-refractivity contribution in [2.45, 2.75) is 0 Å². The molecule has 0 aliphatic rings. The minimum absolute atomic E-state index is 0.0969. The van der Waals surface area contributed by atoms with Crippen LogP contribution in [0, 0.1) is 10.1 Å². The predicted molar refractivity (Wildman–Crippen MR) is 80.1 cm³/mol. The van der Waals surface area contributed by atoms with Crippen LogP contribution in [0.5, 0.6) is 11.6 Å². The predicted octanol–water partition coefficient (Wildman–Crippen LogP) is 3.74. The van der Waals surface area contributed by atoms with E-state index in [1.165, 1.54) is 18.5 Å². The molecule has 1 N–H and O–H groups in total. The Hall–Kier alpha value is -1.74. The molecule has 1 aromatic carbocycles. The highest BCUT2D eigenvalue weighted by Crippen LogP contribution is 2.37. The van der Waals surface area contributed by atoms with Gasteiger partial charge in [-0.2, -0.15) is 0 Å². The first kappa shape index (κ1) is 14.7. The van der Waals surface area contributed by atoms with Crippen LogP contribution in [0.25, 0.3) is 0 Å². The summed E-state index contributed by atoms with van der Waals surface area (Å²) in [7, 11) is 1.69. The number of hydrogen-bond acceptors (Lipinski definition) is 6. The number of rotatable bonds is 4. The summed E-state index contributed by atoms with van der Waals surface area (Å²) in [5.74, 6) is 0.809. The smallest absolute Gasteiger partial charge is 0.312 e. The molecule has 9 heteroatoms. The largest absolute Gasteiger partial charge is 0.430 e. The van der Waals surface area contributed by atoms with Gasteiger partial charge in [0, 0.05) is 17.6 Å². The molecule has 0 unspecified atom stereocenters. The van der Waals surface area contributed by atoms with Gasteiger partial charge in [-0.15, -0.1) is 0 Å². The molecule has 7 nitrogen and oxygen atoms in total. The van der Waals surface area contributed by atoms with Gasteiger partial charge in [-0.3, -0.25) is 10.1 Å². The molecule has 0 radical (unpaired) electrons. The van der Waals surface area contributed by atoms with Crippen LogP contribution in [-0.2, 0) is 0 Å². The molecular weight excluding hydrogens is 396 g/mol. The van der Waals surface area contributed by atoms with Gasteiger partial charge in [0.05, 0.1) is 4.92 Å². The first-order chi connectivity index (χ1) is 9.52. The fourth-order valence-corrected chi connectivity index (χ4v) is 2.26. The normalized spacial score (nSPS) is 10.2. The fourth-order valence-electron chi connectivity index (χ4n) is 1.42. The summed E-state index contributed by atoms with van der Waals surface area (Å²) in [6.45, 7) is 0. The molecule has 104 valence electrons. The molecule has 0 atom stereocenters. The maximum Gasteiger partial charge on any atom is 0.312 e. The van der Waals surface area contributed by atoms with Crippen LogP contribution in [-0.4, -0.2) is 21.9 Å². The number of ether oxygens (including phenoxy) is 1. The van der Waals surface area contributed by atoms with Crippen molar-refractivity contribution in [1.29, 1.82) is 0 Å². The van der Waals surface area contributed by atoms with Gasteiger partial charge in [-0.1, -0.05) is 15.9 Å². The average Bonchev–Trinajstić information content (AvgIpc) is 2.42. The SMILES string of the molecule is CNc1ncnc(Oc2ccc(Br)cc2[N+](=O)[O-])c1Br. The van der Waals surface area contributed by atoms with E-state index in [0.29, 0.717) is 14.8 Å². The minimum Gasteiger partial charge on any atom is -0.430 e. The van der Waals surface area contributed by atoms with E-state index >= 15 is 0 Å². The number of nitro groups is 1. The average molecular weight is 404 g/mol. The van der Waals surface area contributed by atoms with Gasteiger partial charge in [0.2, 0.25) is 11.6 Å². The van der Waals surface area contributed by atoms with Gasteiger partial charge in [0.1, 0.15) is 16.6 Å². The molecule has 0 spiro atoms. The van der Waals surface area contributed by atoms with Crippen molar-refractivity contribution < 1.29 is 9.66 Å². The van der Waals surface area contributed by atoms with E-state index in [1.807, 2.05) is 0 Å². The molecule has 2 rings (SSSR count). The Morgan fingerprint density at radius 1 is 1.35 bits per heavy atom. The van der Waals surface area contributed by atoms with E-state index < -0.39 is 4.92 Å². The molecule has 0 saturated heterocycles. The van der Waals surface area contributed by atoms with Gasteiger partial charge in [-0.25, -0.2) is 9.97 Å². The zero-order valence-corrected chi connectivity index (χ0v) is 13.3. The second kappa shape index (κ2) is 6.14. The van der Waals surface area contributed by atoms with E-state index in [2.05, 4.69) is 47.1 Å². The first-order valence-corrected chi connectivity index (χ1v) is 6.91. The standard InChI is InChI=1S/C11H8Br2N4O3/c1-14-10-9(13)11(16-5-15-10)20-8-3-2-6(12)4-7(8)17(18)19/h2-5H,1H3,(H,14,15,16). The molecule has 1 aromatic heterocycles. The number of nitro benzene ring substituents is 1. The fraction of sp³-hybridized carbons (Fsp3) is 0.0909. The summed E-state index contributed by atoms with van der Waals surface area (Å²) in [4.78, 5) is 18.4. The van der Waals surface area contributed by atoms with Gasteiger partial charge in [0.25, 0.3) is 0 Å². The van der Waals surface area contributed by atoms with Crippen molar-refractivity contribution in [3.8, 4) is 11.6 Å². The van der Waals surface area contributed by atoms with Crippen molar-refractivity contribution in [2.75, 3.05) is 12.4 Å². The molecule has 0 aliphatic heterocycles. The van der Waals surface area contributed by atoms with Crippen LogP contribution >= 0.6 is 31.9 Å². The Kier molecular flexibility index (Phi) is 4.50. The van der Waals surface area contributed by atoms with E-state index in [9.17, 15) is 10.1 Å². The third kappa shape index (κ3) is 3.05. The number of aromatic nitrogens is 2. The summed E-state index contributed by atoms with van der Waals surface area (Å²) >= 11 is 6.47. The van der Waals surface area contributed by atoms with Crippen LogP contribution in [0.4, 0.5) is 11.5 Å². The number of hydrogen-bond donors (Lipinski definition) is 1. The van der Waals surface area contributed by atoms with Crippen LogP contribution in [0.3, 0.4) is 0 Å². The lowest BCUT2D eigenvalue weighted by atomic mass is 10.3. The van der Waals surface area contributed by atoms with Crippen molar-refractivity contribution >= 4 is 43.4 Å². The molecule has 0 fully saturated rings. The van der Waals surface area contributed by atoms with Gasteiger partial charge >= 0.3 is 5.69 Å². The van der Waals surface area contributed by atoms with E-state index in [0.717, 1.165) is 0 Å². The molecular formula is C11H8Br2N4O3. The van der Waals surface area contributed by atoms with Gasteiger partial charge in [-0.05, 0) is 28.1 Å². The monoisotopic (exact) mass is 402 g/mol. The quantitative estimate of drug-likeness (QED) is 0.617. The summed E-state index contributed by atoms with van der Waals surface area (Å²) in [5, 5.41) is 13.9. The van der Waals surface area contributed by atoms with Crippen LogP contribution in [0.15, 0.2) is 33.5 Å². The Bertz CT molecular complexity index is 666. The number of benzene rings is 1. The number of anilines is 1. The van der Waals surface area contributed by atoms with Gasteiger partial charge in [0.15, 0.2) is 0 Å².